The van der Waals surface area contributed by atoms with Gasteiger partial charge in [-0.3, -0.25) is 9.48 Å². The molecule has 0 fully saturated rings. The van der Waals surface area contributed by atoms with E-state index in [0.717, 1.165) is 5.69 Å². The molecule has 1 aromatic heterocycles. The fourth-order valence-electron chi connectivity index (χ4n) is 1.45. The molecule has 5 heteroatoms. The van der Waals surface area contributed by atoms with Crippen LogP contribution in [0, 0.1) is 0 Å². The fraction of sp³-hybridized carbons (Fsp3) is 0.167. The van der Waals surface area contributed by atoms with E-state index in [-0.39, 0.29) is 5.91 Å². The molecule has 2 rings (SSSR count). The summed E-state index contributed by atoms with van der Waals surface area (Å²) in [7, 11) is 1.84. The molecule has 0 aliphatic rings. The van der Waals surface area contributed by atoms with E-state index in [1.54, 1.807) is 35.1 Å². The molecule has 4 nitrogen and oxygen atoms in total. The standard InChI is InChI=1S/C12H12ClN3O/c1-16-11(6-7-15-16)8-14-12(17)9-2-4-10(13)5-3-9/h2-7H,8H2,1H3,(H,14,17). The van der Waals surface area contributed by atoms with Gasteiger partial charge in [-0.15, -0.1) is 0 Å². The normalized spacial score (nSPS) is 10.2. The third kappa shape index (κ3) is 2.85. The molecule has 0 saturated heterocycles. The molecule has 0 unspecified atom stereocenters. The van der Waals surface area contributed by atoms with Crippen molar-refractivity contribution in [3.63, 3.8) is 0 Å². The molecular formula is C12H12ClN3O. The average Bonchev–Trinajstić information content (AvgIpc) is 2.73. The van der Waals surface area contributed by atoms with Crippen molar-refractivity contribution >= 4 is 17.5 Å². The minimum absolute atomic E-state index is 0.122. The SMILES string of the molecule is Cn1nccc1CNC(=O)c1ccc(Cl)cc1. The van der Waals surface area contributed by atoms with E-state index in [1.165, 1.54) is 0 Å². The van der Waals surface area contributed by atoms with Crippen molar-refractivity contribution in [1.82, 2.24) is 15.1 Å². The number of nitrogens with one attached hydrogen (secondary N) is 1. The first-order chi connectivity index (χ1) is 8.16. The quantitative estimate of drug-likeness (QED) is 0.905. The number of rotatable bonds is 3. The van der Waals surface area contributed by atoms with E-state index in [4.69, 9.17) is 11.6 Å². The Bertz CT molecular complexity index is 519. The van der Waals surface area contributed by atoms with Crippen molar-refractivity contribution in [2.75, 3.05) is 0 Å². The maximum Gasteiger partial charge on any atom is 0.251 e. The van der Waals surface area contributed by atoms with Gasteiger partial charge in [0.1, 0.15) is 0 Å². The van der Waals surface area contributed by atoms with Crippen LogP contribution in [0.1, 0.15) is 16.1 Å². The zero-order valence-electron chi connectivity index (χ0n) is 9.35. The second-order valence-electron chi connectivity index (χ2n) is 3.64. The Morgan fingerprint density at radius 1 is 1.35 bits per heavy atom. The maximum absolute atomic E-state index is 11.8. The summed E-state index contributed by atoms with van der Waals surface area (Å²) in [6.07, 6.45) is 1.70. The fourth-order valence-corrected chi connectivity index (χ4v) is 1.57. The lowest BCUT2D eigenvalue weighted by molar-refractivity contribution is 0.0950. The Labute approximate surface area is 104 Å². The van der Waals surface area contributed by atoms with Crippen molar-refractivity contribution in [1.29, 1.82) is 0 Å². The van der Waals surface area contributed by atoms with Gasteiger partial charge in [0.2, 0.25) is 0 Å². The number of benzene rings is 1. The third-order valence-corrected chi connectivity index (χ3v) is 2.71. The molecular weight excluding hydrogens is 238 g/mol. The highest BCUT2D eigenvalue weighted by Gasteiger charge is 2.06. The van der Waals surface area contributed by atoms with Gasteiger partial charge in [0.15, 0.2) is 0 Å². The second kappa shape index (κ2) is 5.01. The first-order valence-corrected chi connectivity index (χ1v) is 5.55. The van der Waals surface area contributed by atoms with Crippen molar-refractivity contribution in [3.8, 4) is 0 Å². The van der Waals surface area contributed by atoms with Gasteiger partial charge in [0, 0.05) is 23.8 Å². The van der Waals surface area contributed by atoms with E-state index < -0.39 is 0 Å². The van der Waals surface area contributed by atoms with Gasteiger partial charge in [-0.1, -0.05) is 11.6 Å². The number of halogens is 1. The number of hydrogen-bond donors (Lipinski definition) is 1. The van der Waals surface area contributed by atoms with Crippen LogP contribution in [-0.4, -0.2) is 15.7 Å². The smallest absolute Gasteiger partial charge is 0.251 e. The highest BCUT2D eigenvalue weighted by molar-refractivity contribution is 6.30. The van der Waals surface area contributed by atoms with Crippen LogP contribution >= 0.6 is 11.6 Å². The maximum atomic E-state index is 11.8. The molecule has 0 saturated carbocycles. The predicted molar refractivity (Wildman–Crippen MR) is 65.8 cm³/mol. The molecule has 1 heterocycles. The van der Waals surface area contributed by atoms with Crippen LogP contribution in [0.2, 0.25) is 5.02 Å². The van der Waals surface area contributed by atoms with Gasteiger partial charge in [-0.2, -0.15) is 5.10 Å². The van der Waals surface area contributed by atoms with Crippen LogP contribution in [0.4, 0.5) is 0 Å². The third-order valence-electron chi connectivity index (χ3n) is 2.46. The monoisotopic (exact) mass is 249 g/mol. The molecule has 0 radical (unpaired) electrons. The van der Waals surface area contributed by atoms with Gasteiger partial charge in [-0.05, 0) is 30.3 Å². The molecule has 2 aromatic rings. The molecule has 17 heavy (non-hydrogen) atoms. The summed E-state index contributed by atoms with van der Waals surface area (Å²) < 4.78 is 1.72. The Balaban J connectivity index is 1.98. The molecule has 0 atom stereocenters. The van der Waals surface area contributed by atoms with E-state index in [1.807, 2.05) is 13.1 Å². The lowest BCUT2D eigenvalue weighted by atomic mass is 10.2. The number of aromatic nitrogens is 2. The van der Waals surface area contributed by atoms with Crippen LogP contribution in [0.3, 0.4) is 0 Å². The number of aryl methyl sites for hydroxylation is 1. The van der Waals surface area contributed by atoms with Crippen LogP contribution in [0.15, 0.2) is 36.5 Å². The van der Waals surface area contributed by atoms with Gasteiger partial charge in [0.05, 0.1) is 12.2 Å². The molecule has 1 aromatic carbocycles. The van der Waals surface area contributed by atoms with Gasteiger partial charge in [0.25, 0.3) is 5.91 Å². The topological polar surface area (TPSA) is 46.9 Å². The highest BCUT2D eigenvalue weighted by atomic mass is 35.5. The minimum Gasteiger partial charge on any atom is -0.346 e. The van der Waals surface area contributed by atoms with Gasteiger partial charge < -0.3 is 5.32 Å². The number of amides is 1. The zero-order valence-corrected chi connectivity index (χ0v) is 10.1. The summed E-state index contributed by atoms with van der Waals surface area (Å²) in [5.41, 5.74) is 1.55. The minimum atomic E-state index is -0.122. The number of hydrogen-bond acceptors (Lipinski definition) is 2. The highest BCUT2D eigenvalue weighted by Crippen LogP contribution is 2.09. The first-order valence-electron chi connectivity index (χ1n) is 5.17. The van der Waals surface area contributed by atoms with Crippen LogP contribution in [0.25, 0.3) is 0 Å². The van der Waals surface area contributed by atoms with Gasteiger partial charge in [-0.25, -0.2) is 0 Å². The van der Waals surface area contributed by atoms with Crippen molar-refractivity contribution in [3.05, 3.63) is 52.8 Å². The summed E-state index contributed by atoms with van der Waals surface area (Å²) in [5.74, 6) is -0.122. The molecule has 0 bridgehead atoms. The summed E-state index contributed by atoms with van der Waals surface area (Å²) in [6.45, 7) is 0.456. The summed E-state index contributed by atoms with van der Waals surface area (Å²) in [5, 5.41) is 7.46. The molecule has 0 aliphatic carbocycles. The molecule has 0 aliphatic heterocycles. The molecule has 88 valence electrons. The summed E-state index contributed by atoms with van der Waals surface area (Å²) >= 11 is 5.75. The average molecular weight is 250 g/mol. The van der Waals surface area contributed by atoms with E-state index in [2.05, 4.69) is 10.4 Å². The predicted octanol–water partition coefficient (Wildman–Crippen LogP) is 2.00. The number of carbonyl (C=O) groups is 1. The van der Waals surface area contributed by atoms with Crippen LogP contribution < -0.4 is 5.32 Å². The summed E-state index contributed by atoms with van der Waals surface area (Å²) in [6, 6.07) is 8.64. The van der Waals surface area contributed by atoms with Gasteiger partial charge >= 0.3 is 0 Å². The summed E-state index contributed by atoms with van der Waals surface area (Å²) in [4.78, 5) is 11.8. The number of carbonyl (C=O) groups excluding carboxylic acids is 1. The lowest BCUT2D eigenvalue weighted by Crippen LogP contribution is -2.23. The van der Waals surface area contributed by atoms with Crippen molar-refractivity contribution in [2.24, 2.45) is 7.05 Å². The van der Waals surface area contributed by atoms with E-state index >= 15 is 0 Å². The number of nitrogens with zero attached hydrogens (tertiary/aromatic N) is 2. The largest absolute Gasteiger partial charge is 0.346 e. The van der Waals surface area contributed by atoms with E-state index in [9.17, 15) is 4.79 Å². The Morgan fingerprint density at radius 2 is 2.06 bits per heavy atom. The lowest BCUT2D eigenvalue weighted by Gasteiger charge is -2.05. The second-order valence-corrected chi connectivity index (χ2v) is 4.07. The first kappa shape index (κ1) is 11.7. The molecule has 1 N–H and O–H groups in total. The van der Waals surface area contributed by atoms with Crippen molar-refractivity contribution in [2.45, 2.75) is 6.54 Å². The zero-order chi connectivity index (χ0) is 12.3. The Morgan fingerprint density at radius 3 is 2.65 bits per heavy atom. The van der Waals surface area contributed by atoms with Crippen LogP contribution in [-0.2, 0) is 13.6 Å². The molecule has 1 amide bonds. The Hall–Kier alpha value is -1.81. The molecule has 0 spiro atoms. The Kier molecular flexibility index (Phi) is 3.44. The van der Waals surface area contributed by atoms with E-state index in [0.29, 0.717) is 17.1 Å². The van der Waals surface area contributed by atoms with Crippen molar-refractivity contribution < 1.29 is 4.79 Å². The van der Waals surface area contributed by atoms with Crippen LogP contribution in [0.5, 0.6) is 0 Å².